The monoisotopic (exact) mass is 625 g/mol. The van der Waals surface area contributed by atoms with Gasteiger partial charge in [0.15, 0.2) is 5.78 Å². The third kappa shape index (κ3) is 12.8. The lowest BCUT2D eigenvalue weighted by Gasteiger charge is -2.18. The van der Waals surface area contributed by atoms with Gasteiger partial charge in [0.2, 0.25) is 0 Å². The number of carbonyl (C=O) groups is 1. The van der Waals surface area contributed by atoms with Crippen molar-refractivity contribution in [2.24, 2.45) is 11.7 Å². The Morgan fingerprint density at radius 1 is 0.907 bits per heavy atom. The van der Waals surface area contributed by atoms with E-state index in [1.165, 1.54) is 23.0 Å². The summed E-state index contributed by atoms with van der Waals surface area (Å²) in [6.07, 6.45) is 7.07. The van der Waals surface area contributed by atoms with E-state index in [1.54, 1.807) is 29.9 Å². The molecular weight excluding hydrogens is 586 g/mol. The Bertz CT molecular complexity index is 1520. The molecule has 1 unspecified atom stereocenters. The van der Waals surface area contributed by atoms with Gasteiger partial charge < -0.3 is 44.0 Å². The molecule has 0 fully saturated rings. The zero-order valence-corrected chi connectivity index (χ0v) is 24.5. The standard InChI is InChI=1S/C13H18N4O2.C7H9NO.C5H10N4O.H2O4S/c1-8-4-9(11(14)6-12(8)19)5-10-7-16-17(2-3-18)13(10)15;1-5-2-3-6(8)4-7(5)9;6-4-3-8-9(1-2-10)5(4)7;1-5(2,3)4/h4,6-7,9,18H,2-3,5,14-15H2,1H3;2-4,9H,8H2,1H3;3,10H,1-2,6-7H2;(H2,1,2,3,4). The molecule has 0 radical (unpaired) electrons. The van der Waals surface area contributed by atoms with E-state index in [9.17, 15) is 4.79 Å². The van der Waals surface area contributed by atoms with Crippen LogP contribution in [-0.4, -0.2) is 71.4 Å². The fourth-order valence-corrected chi connectivity index (χ4v) is 3.44. The molecule has 3 aromatic rings. The highest BCUT2D eigenvalue weighted by atomic mass is 32.3. The zero-order chi connectivity index (χ0) is 32.9. The first-order valence-electron chi connectivity index (χ1n) is 12.5. The fourth-order valence-electron chi connectivity index (χ4n) is 3.44. The molecule has 0 spiro atoms. The molecule has 17 nitrogen and oxygen atoms in total. The Labute approximate surface area is 248 Å². The highest BCUT2D eigenvalue weighted by molar-refractivity contribution is 7.79. The van der Waals surface area contributed by atoms with Crippen molar-refractivity contribution in [3.05, 3.63) is 65.1 Å². The summed E-state index contributed by atoms with van der Waals surface area (Å²) in [5, 5.41) is 34.3. The van der Waals surface area contributed by atoms with E-state index >= 15 is 0 Å². The predicted molar refractivity (Wildman–Crippen MR) is 162 cm³/mol. The summed E-state index contributed by atoms with van der Waals surface area (Å²) in [4.78, 5) is 11.5. The summed E-state index contributed by atoms with van der Waals surface area (Å²) in [6.45, 7) is 4.37. The van der Waals surface area contributed by atoms with Crippen molar-refractivity contribution in [1.29, 1.82) is 0 Å². The van der Waals surface area contributed by atoms with Crippen LogP contribution in [0.5, 0.6) is 5.75 Å². The smallest absolute Gasteiger partial charge is 0.394 e. The molecule has 238 valence electrons. The van der Waals surface area contributed by atoms with Gasteiger partial charge in [0, 0.05) is 35.0 Å². The summed E-state index contributed by atoms with van der Waals surface area (Å²) < 4.78 is 34.6. The molecule has 1 atom stereocenters. The zero-order valence-electron chi connectivity index (χ0n) is 23.7. The first kappa shape index (κ1) is 36.4. The Balaban J connectivity index is 0.000000324. The molecule has 0 bridgehead atoms. The number of aliphatic hydroxyl groups excluding tert-OH is 2. The second-order valence-electron chi connectivity index (χ2n) is 9.10. The molecule has 15 N–H and O–H groups in total. The quantitative estimate of drug-likeness (QED) is 0.124. The first-order valence-corrected chi connectivity index (χ1v) is 13.9. The maximum atomic E-state index is 11.5. The van der Waals surface area contributed by atoms with Crippen LogP contribution in [0.15, 0.2) is 54.0 Å². The number of anilines is 4. The number of nitrogen functional groups attached to an aromatic ring is 4. The number of aromatic hydroxyl groups is 1. The molecular formula is C25H39N9O8S. The Morgan fingerprint density at radius 2 is 1.44 bits per heavy atom. The summed E-state index contributed by atoms with van der Waals surface area (Å²) in [5.74, 6) is 1.12. The molecule has 0 saturated heterocycles. The van der Waals surface area contributed by atoms with Crippen LogP contribution in [-0.2, 0) is 34.7 Å². The predicted octanol–water partition coefficient (Wildman–Crippen LogP) is -0.342. The van der Waals surface area contributed by atoms with Crippen LogP contribution >= 0.6 is 0 Å². The Morgan fingerprint density at radius 3 is 1.91 bits per heavy atom. The Kier molecular flexibility index (Phi) is 14.2. The number of rotatable bonds is 6. The van der Waals surface area contributed by atoms with Crippen molar-refractivity contribution in [2.45, 2.75) is 33.4 Å². The third-order valence-electron chi connectivity index (χ3n) is 5.73. The van der Waals surface area contributed by atoms with Gasteiger partial charge in [-0.05, 0) is 37.5 Å². The van der Waals surface area contributed by atoms with Gasteiger partial charge in [0.05, 0.1) is 44.4 Å². The minimum absolute atomic E-state index is 0.00962. The van der Waals surface area contributed by atoms with E-state index in [0.717, 1.165) is 11.1 Å². The first-order chi connectivity index (χ1) is 20.0. The van der Waals surface area contributed by atoms with E-state index in [1.807, 2.05) is 13.0 Å². The summed E-state index contributed by atoms with van der Waals surface area (Å²) in [6, 6.07) is 5.08. The number of phenols is 1. The molecule has 1 aliphatic rings. The van der Waals surface area contributed by atoms with Gasteiger partial charge in [0.25, 0.3) is 0 Å². The van der Waals surface area contributed by atoms with Crippen molar-refractivity contribution >= 4 is 39.2 Å². The van der Waals surface area contributed by atoms with E-state index < -0.39 is 10.4 Å². The van der Waals surface area contributed by atoms with Crippen LogP contribution in [0.1, 0.15) is 18.1 Å². The molecule has 0 amide bonds. The largest absolute Gasteiger partial charge is 0.508 e. The topological polar surface area (TPSA) is 318 Å². The van der Waals surface area contributed by atoms with Gasteiger partial charge in [-0.1, -0.05) is 12.1 Å². The number of nitrogens with zero attached hydrogens (tertiary/aromatic N) is 4. The van der Waals surface area contributed by atoms with E-state index in [0.29, 0.717) is 53.8 Å². The molecule has 0 saturated carbocycles. The number of allylic oxidation sites excluding steroid dienone is 3. The van der Waals surface area contributed by atoms with Crippen LogP contribution in [0, 0.1) is 12.8 Å². The summed E-state index contributed by atoms with van der Waals surface area (Å²) in [5.41, 5.74) is 32.0. The van der Waals surface area contributed by atoms with Gasteiger partial charge in [-0.15, -0.1) is 0 Å². The molecule has 1 aliphatic carbocycles. The highest BCUT2D eigenvalue weighted by Gasteiger charge is 2.20. The van der Waals surface area contributed by atoms with Crippen LogP contribution in [0.2, 0.25) is 0 Å². The number of ketones is 1. The normalized spacial score (nSPS) is 14.2. The van der Waals surface area contributed by atoms with Crippen molar-refractivity contribution in [3.63, 3.8) is 0 Å². The minimum atomic E-state index is -4.67. The van der Waals surface area contributed by atoms with Crippen molar-refractivity contribution < 1.29 is 37.6 Å². The minimum Gasteiger partial charge on any atom is -0.508 e. The second-order valence-corrected chi connectivity index (χ2v) is 9.99. The Hall–Kier alpha value is -4.62. The number of nitrogens with two attached hydrogens (primary N) is 5. The second kappa shape index (κ2) is 16.7. The lowest BCUT2D eigenvalue weighted by Crippen LogP contribution is -2.20. The molecule has 4 rings (SSSR count). The number of aromatic nitrogens is 4. The highest BCUT2D eigenvalue weighted by Crippen LogP contribution is 2.24. The van der Waals surface area contributed by atoms with Crippen molar-refractivity contribution in [2.75, 3.05) is 36.1 Å². The van der Waals surface area contributed by atoms with Gasteiger partial charge in [-0.2, -0.15) is 18.6 Å². The van der Waals surface area contributed by atoms with Crippen LogP contribution in [0.25, 0.3) is 0 Å². The molecule has 18 heteroatoms. The lowest BCUT2D eigenvalue weighted by molar-refractivity contribution is -0.111. The van der Waals surface area contributed by atoms with Crippen molar-refractivity contribution in [3.8, 4) is 5.75 Å². The lowest BCUT2D eigenvalue weighted by atomic mass is 9.89. The molecule has 1 aromatic carbocycles. The van der Waals surface area contributed by atoms with Crippen LogP contribution in [0.4, 0.5) is 23.0 Å². The SMILES string of the molecule is CC1=CC(Cc2cnn(CCO)c2N)C(N)=CC1=O.Cc1ccc(N)cc1O.Nc1cnn(CCO)c1N.O=S(=O)(O)O. The third-order valence-corrected chi connectivity index (χ3v) is 5.73. The maximum absolute atomic E-state index is 11.5. The number of phenolic OH excluding ortho intramolecular Hbond substituents is 1. The van der Waals surface area contributed by atoms with E-state index in [2.05, 4.69) is 10.2 Å². The van der Waals surface area contributed by atoms with Crippen LogP contribution in [0.3, 0.4) is 0 Å². The summed E-state index contributed by atoms with van der Waals surface area (Å²) >= 11 is 0. The fraction of sp³-hybridized carbons (Fsp3) is 0.320. The van der Waals surface area contributed by atoms with Gasteiger partial charge >= 0.3 is 10.4 Å². The van der Waals surface area contributed by atoms with Gasteiger partial charge in [0.1, 0.15) is 17.4 Å². The number of aliphatic hydroxyl groups is 2. The molecule has 0 aliphatic heterocycles. The average Bonchev–Trinajstić information content (AvgIpc) is 3.41. The molecule has 2 heterocycles. The number of benzene rings is 1. The van der Waals surface area contributed by atoms with Crippen LogP contribution < -0.4 is 28.7 Å². The summed E-state index contributed by atoms with van der Waals surface area (Å²) in [7, 11) is -4.67. The molecule has 43 heavy (non-hydrogen) atoms. The van der Waals surface area contributed by atoms with Gasteiger partial charge in [-0.25, -0.2) is 9.36 Å². The maximum Gasteiger partial charge on any atom is 0.394 e. The average molecular weight is 626 g/mol. The molecule has 2 aromatic heterocycles. The number of aryl methyl sites for hydroxylation is 1. The number of hydrogen-bond acceptors (Lipinski definition) is 13. The van der Waals surface area contributed by atoms with E-state index in [4.69, 9.17) is 61.5 Å². The van der Waals surface area contributed by atoms with E-state index in [-0.39, 0.29) is 30.7 Å². The number of hydrogen-bond donors (Lipinski definition) is 10. The number of carbonyl (C=O) groups excluding carboxylic acids is 1. The van der Waals surface area contributed by atoms with Crippen molar-refractivity contribution in [1.82, 2.24) is 19.6 Å². The van der Waals surface area contributed by atoms with Gasteiger partial charge in [-0.3, -0.25) is 13.9 Å².